The van der Waals surface area contributed by atoms with Crippen molar-refractivity contribution in [2.24, 2.45) is 0 Å². The van der Waals surface area contributed by atoms with Crippen molar-refractivity contribution in [3.8, 4) is 0 Å². The van der Waals surface area contributed by atoms with Crippen molar-refractivity contribution in [3.63, 3.8) is 0 Å². The first-order chi connectivity index (χ1) is 10.4. The monoisotopic (exact) mass is 273 g/mol. The van der Waals surface area contributed by atoms with E-state index in [0.717, 1.165) is 11.2 Å². The molecule has 0 saturated heterocycles. The number of nitrogens with zero attached hydrogens (tertiary/aromatic N) is 1. The zero-order valence-electron chi connectivity index (χ0n) is 11.7. The highest BCUT2D eigenvalue weighted by Gasteiger charge is 2.14. The third-order valence-corrected chi connectivity index (χ3v) is 4.69. The number of hydrogen-bond donors (Lipinski definition) is 0. The number of aryl methyl sites for hydroxylation is 2. The summed E-state index contributed by atoms with van der Waals surface area (Å²) in [5, 5.41) is 4.81. The van der Waals surface area contributed by atoms with Crippen LogP contribution in [0.25, 0.3) is 32.7 Å². The summed E-state index contributed by atoms with van der Waals surface area (Å²) in [6.45, 7) is 0. The fourth-order valence-electron chi connectivity index (χ4n) is 3.59. The van der Waals surface area contributed by atoms with Gasteiger partial charge in [0.1, 0.15) is 11.2 Å². The molecule has 1 aliphatic carbocycles. The van der Waals surface area contributed by atoms with Crippen molar-refractivity contribution >= 4 is 32.7 Å². The maximum absolute atomic E-state index is 6.11. The van der Waals surface area contributed by atoms with E-state index in [4.69, 9.17) is 4.42 Å². The smallest absolute Gasteiger partial charge is 0.136 e. The molecule has 1 aliphatic rings. The first kappa shape index (κ1) is 11.3. The van der Waals surface area contributed by atoms with Gasteiger partial charge in [0.05, 0.1) is 0 Å². The third kappa shape index (κ3) is 1.62. The van der Waals surface area contributed by atoms with Crippen LogP contribution in [0.1, 0.15) is 24.0 Å². The normalized spacial score (nSPS) is 14.9. The minimum absolute atomic E-state index is 0.978. The Balaban J connectivity index is 1.91. The van der Waals surface area contributed by atoms with E-state index in [1.165, 1.54) is 58.4 Å². The number of pyridine rings is 1. The van der Waals surface area contributed by atoms with Crippen molar-refractivity contribution < 1.29 is 4.42 Å². The second-order valence-corrected chi connectivity index (χ2v) is 6.00. The second-order valence-electron chi connectivity index (χ2n) is 6.00. The first-order valence-electron chi connectivity index (χ1n) is 7.60. The average molecular weight is 273 g/mol. The molecule has 2 aromatic carbocycles. The molecule has 2 heterocycles. The zero-order valence-corrected chi connectivity index (χ0v) is 11.7. The van der Waals surface area contributed by atoms with Gasteiger partial charge in [-0.15, -0.1) is 0 Å². The Bertz CT molecular complexity index is 997. The molecule has 0 radical (unpaired) electrons. The molecule has 2 nitrogen and oxygen atoms in total. The van der Waals surface area contributed by atoms with Crippen molar-refractivity contribution in [3.05, 3.63) is 53.9 Å². The minimum Gasteiger partial charge on any atom is -0.456 e. The summed E-state index contributed by atoms with van der Waals surface area (Å²) in [4.78, 5) is 4.22. The van der Waals surface area contributed by atoms with Crippen LogP contribution in [0.15, 0.2) is 47.1 Å². The van der Waals surface area contributed by atoms with E-state index in [2.05, 4.69) is 29.2 Å². The fraction of sp³-hybridized carbons (Fsp3) is 0.211. The predicted molar refractivity (Wildman–Crippen MR) is 85.7 cm³/mol. The van der Waals surface area contributed by atoms with Gasteiger partial charge in [0.15, 0.2) is 0 Å². The van der Waals surface area contributed by atoms with Gasteiger partial charge in [0.25, 0.3) is 0 Å². The summed E-state index contributed by atoms with van der Waals surface area (Å²) in [7, 11) is 0. The molecule has 21 heavy (non-hydrogen) atoms. The summed E-state index contributed by atoms with van der Waals surface area (Å²) in [6, 6.07) is 11.0. The Hall–Kier alpha value is -2.35. The molecule has 0 aliphatic heterocycles. The molecular weight excluding hydrogens is 258 g/mol. The highest BCUT2D eigenvalue weighted by Crippen LogP contribution is 2.35. The first-order valence-corrected chi connectivity index (χ1v) is 7.60. The summed E-state index contributed by atoms with van der Waals surface area (Å²) >= 11 is 0. The van der Waals surface area contributed by atoms with Gasteiger partial charge >= 0.3 is 0 Å². The van der Waals surface area contributed by atoms with Crippen LogP contribution in [0.2, 0.25) is 0 Å². The highest BCUT2D eigenvalue weighted by molar-refractivity contribution is 6.10. The van der Waals surface area contributed by atoms with Crippen molar-refractivity contribution in [1.29, 1.82) is 0 Å². The number of fused-ring (bicyclic) bond motifs is 5. The van der Waals surface area contributed by atoms with Gasteiger partial charge in [-0.2, -0.15) is 0 Å². The number of rotatable bonds is 0. The van der Waals surface area contributed by atoms with Crippen LogP contribution in [-0.2, 0) is 12.8 Å². The third-order valence-electron chi connectivity index (χ3n) is 4.69. The second kappa shape index (κ2) is 4.08. The molecule has 4 aromatic rings. The van der Waals surface area contributed by atoms with Crippen LogP contribution in [0.5, 0.6) is 0 Å². The zero-order chi connectivity index (χ0) is 13.8. The average Bonchev–Trinajstić information content (AvgIpc) is 2.87. The molecule has 0 fully saturated rings. The van der Waals surface area contributed by atoms with Crippen molar-refractivity contribution in [2.45, 2.75) is 25.7 Å². The Kier molecular flexibility index (Phi) is 2.20. The Morgan fingerprint density at radius 2 is 1.57 bits per heavy atom. The van der Waals surface area contributed by atoms with Crippen molar-refractivity contribution in [1.82, 2.24) is 4.98 Å². The lowest BCUT2D eigenvalue weighted by atomic mass is 9.90. The number of furan rings is 1. The SMILES string of the molecule is c1cc2cc3oc4cc5c(cc4c3cc2cn1)CCCC5. The minimum atomic E-state index is 0.978. The summed E-state index contributed by atoms with van der Waals surface area (Å²) < 4.78 is 6.11. The van der Waals surface area contributed by atoms with Gasteiger partial charge in [0, 0.05) is 28.6 Å². The fourth-order valence-corrected chi connectivity index (χ4v) is 3.59. The quantitative estimate of drug-likeness (QED) is 0.450. The van der Waals surface area contributed by atoms with Crippen LogP contribution in [-0.4, -0.2) is 4.98 Å². The van der Waals surface area contributed by atoms with Gasteiger partial charge in [0.2, 0.25) is 0 Å². The molecule has 5 rings (SSSR count). The Morgan fingerprint density at radius 3 is 2.48 bits per heavy atom. The molecule has 2 aromatic heterocycles. The molecule has 2 heteroatoms. The largest absolute Gasteiger partial charge is 0.456 e. The van der Waals surface area contributed by atoms with Crippen LogP contribution < -0.4 is 0 Å². The number of aromatic nitrogens is 1. The number of benzene rings is 2. The topological polar surface area (TPSA) is 26.0 Å². The van der Waals surface area contributed by atoms with Gasteiger partial charge in [-0.25, -0.2) is 0 Å². The lowest BCUT2D eigenvalue weighted by Crippen LogP contribution is -2.01. The van der Waals surface area contributed by atoms with E-state index in [1.54, 1.807) is 0 Å². The summed E-state index contributed by atoms with van der Waals surface area (Å²) in [5.74, 6) is 0. The lowest BCUT2D eigenvalue weighted by molar-refractivity contribution is 0.660. The van der Waals surface area contributed by atoms with Crippen LogP contribution in [0, 0.1) is 0 Å². The maximum atomic E-state index is 6.11. The van der Waals surface area contributed by atoms with Gasteiger partial charge in [-0.3, -0.25) is 4.98 Å². The molecule has 102 valence electrons. The van der Waals surface area contributed by atoms with Gasteiger partial charge in [-0.1, -0.05) is 0 Å². The van der Waals surface area contributed by atoms with E-state index in [1.807, 2.05) is 18.5 Å². The van der Waals surface area contributed by atoms with E-state index in [-0.39, 0.29) is 0 Å². The lowest BCUT2D eigenvalue weighted by Gasteiger charge is -2.14. The van der Waals surface area contributed by atoms with Crippen LogP contribution in [0.4, 0.5) is 0 Å². The molecular formula is C19H15NO. The number of hydrogen-bond acceptors (Lipinski definition) is 2. The van der Waals surface area contributed by atoms with E-state index in [9.17, 15) is 0 Å². The highest BCUT2D eigenvalue weighted by atomic mass is 16.3. The van der Waals surface area contributed by atoms with Crippen LogP contribution in [0.3, 0.4) is 0 Å². The summed E-state index contributed by atoms with van der Waals surface area (Å²) in [6.07, 6.45) is 8.75. The Morgan fingerprint density at radius 1 is 0.810 bits per heavy atom. The van der Waals surface area contributed by atoms with Gasteiger partial charge < -0.3 is 4.42 Å². The molecule has 0 N–H and O–H groups in total. The Labute approximate surface area is 122 Å². The van der Waals surface area contributed by atoms with Crippen molar-refractivity contribution in [2.75, 3.05) is 0 Å². The maximum Gasteiger partial charge on any atom is 0.136 e. The predicted octanol–water partition coefficient (Wildman–Crippen LogP) is 5.01. The molecule has 0 bridgehead atoms. The van der Waals surface area contributed by atoms with Gasteiger partial charge in [-0.05, 0) is 72.5 Å². The van der Waals surface area contributed by atoms with E-state index >= 15 is 0 Å². The molecule has 0 unspecified atom stereocenters. The van der Waals surface area contributed by atoms with E-state index in [0.29, 0.717) is 0 Å². The molecule has 0 spiro atoms. The van der Waals surface area contributed by atoms with E-state index < -0.39 is 0 Å². The molecule has 0 saturated carbocycles. The standard InChI is InChI=1S/C19H15NO/c1-2-4-13-9-18-16(7-12(13)3-1)17-8-15-11-20-6-5-14(15)10-19(17)21-18/h5-11H,1-4H2. The van der Waals surface area contributed by atoms with Crippen LogP contribution >= 0.6 is 0 Å². The molecule has 0 amide bonds. The molecule has 0 atom stereocenters. The summed E-state index contributed by atoms with van der Waals surface area (Å²) in [5.41, 5.74) is 4.97.